The highest BCUT2D eigenvalue weighted by atomic mass is 19.1. The molecule has 8 heteroatoms. The topological polar surface area (TPSA) is 104 Å². The van der Waals surface area contributed by atoms with E-state index in [-0.39, 0.29) is 35.2 Å². The van der Waals surface area contributed by atoms with E-state index in [1.807, 2.05) is 6.07 Å². The zero-order valence-electron chi connectivity index (χ0n) is 20.9. The van der Waals surface area contributed by atoms with Gasteiger partial charge < -0.3 is 24.7 Å². The van der Waals surface area contributed by atoms with Crippen molar-refractivity contribution in [1.29, 1.82) is 5.26 Å². The molecular weight excluding hydrogens is 499 g/mol. The van der Waals surface area contributed by atoms with Crippen LogP contribution in [-0.4, -0.2) is 13.1 Å². The molecule has 1 unspecified atom stereocenters. The van der Waals surface area contributed by atoms with Gasteiger partial charge in [0, 0.05) is 17.2 Å². The summed E-state index contributed by atoms with van der Waals surface area (Å²) in [5.41, 5.74) is 8.45. The highest BCUT2D eigenvalue weighted by molar-refractivity contribution is 5.94. The fourth-order valence-electron chi connectivity index (χ4n) is 4.38. The quantitative estimate of drug-likeness (QED) is 0.240. The van der Waals surface area contributed by atoms with Gasteiger partial charge in [0.05, 0.1) is 13.0 Å². The van der Waals surface area contributed by atoms with Crippen molar-refractivity contribution in [2.45, 2.75) is 12.5 Å². The van der Waals surface area contributed by atoms with E-state index in [1.165, 1.54) is 13.2 Å². The summed E-state index contributed by atoms with van der Waals surface area (Å²) in [6, 6.07) is 27.3. The van der Waals surface area contributed by atoms with Crippen molar-refractivity contribution >= 4 is 5.97 Å². The number of carbonyl (C=O) groups is 1. The van der Waals surface area contributed by atoms with Gasteiger partial charge >= 0.3 is 5.97 Å². The molecule has 0 bridgehead atoms. The maximum atomic E-state index is 14.0. The second-order valence-electron chi connectivity index (χ2n) is 8.67. The van der Waals surface area contributed by atoms with Gasteiger partial charge in [-0.1, -0.05) is 48.5 Å². The Hall–Kier alpha value is -5.29. The van der Waals surface area contributed by atoms with E-state index in [9.17, 15) is 14.4 Å². The molecule has 1 atom stereocenters. The number of methoxy groups -OCH3 is 1. The van der Waals surface area contributed by atoms with Crippen LogP contribution in [0.25, 0.3) is 0 Å². The Morgan fingerprint density at radius 1 is 1.00 bits per heavy atom. The summed E-state index contributed by atoms with van der Waals surface area (Å²) in [7, 11) is 1.47. The van der Waals surface area contributed by atoms with Gasteiger partial charge in [-0.05, 0) is 42.0 Å². The zero-order chi connectivity index (χ0) is 27.4. The Morgan fingerprint density at radius 3 is 2.59 bits per heavy atom. The number of hydrogen-bond acceptors (Lipinski definition) is 7. The molecule has 39 heavy (non-hydrogen) atoms. The molecule has 1 aliphatic rings. The first-order valence-corrected chi connectivity index (χ1v) is 12.0. The summed E-state index contributed by atoms with van der Waals surface area (Å²) >= 11 is 0. The Kier molecular flexibility index (Phi) is 7.15. The standard InChI is InChI=1S/C31H23FN2O5/c1-36-27-12-5-3-10-24(27)31(35)38-22-13-14-23-28(16-22)39-30(34)25(17-33)29(23)19-8-6-9-21(15-19)37-18-20-7-2-4-11-26(20)32/h2-16,29H,18,34H2,1H3. The van der Waals surface area contributed by atoms with Crippen molar-refractivity contribution in [3.63, 3.8) is 0 Å². The van der Waals surface area contributed by atoms with E-state index in [1.54, 1.807) is 78.9 Å². The highest BCUT2D eigenvalue weighted by Gasteiger charge is 2.31. The van der Waals surface area contributed by atoms with Crippen LogP contribution in [0.4, 0.5) is 4.39 Å². The number of allylic oxidation sites excluding steroid dienone is 1. The molecule has 4 aromatic carbocycles. The van der Waals surface area contributed by atoms with Crippen LogP contribution in [0.5, 0.6) is 23.0 Å². The molecule has 0 aliphatic carbocycles. The predicted octanol–water partition coefficient (Wildman–Crippen LogP) is 5.85. The fraction of sp³-hybridized carbons (Fsp3) is 0.0968. The normalized spacial score (nSPS) is 14.0. The maximum absolute atomic E-state index is 14.0. The number of hydrogen-bond donors (Lipinski definition) is 1. The molecular formula is C31H23FN2O5. The van der Waals surface area contributed by atoms with Gasteiger partial charge in [0.25, 0.3) is 0 Å². The summed E-state index contributed by atoms with van der Waals surface area (Å²) in [6.45, 7) is 0.0461. The van der Waals surface area contributed by atoms with Crippen LogP contribution in [-0.2, 0) is 6.61 Å². The Balaban J connectivity index is 1.43. The molecule has 194 valence electrons. The molecule has 0 saturated carbocycles. The monoisotopic (exact) mass is 522 g/mol. The van der Waals surface area contributed by atoms with Gasteiger partial charge in [-0.2, -0.15) is 5.26 Å². The predicted molar refractivity (Wildman–Crippen MR) is 141 cm³/mol. The van der Waals surface area contributed by atoms with Gasteiger partial charge in [0.1, 0.15) is 52.6 Å². The summed E-state index contributed by atoms with van der Waals surface area (Å²) in [4.78, 5) is 12.8. The lowest BCUT2D eigenvalue weighted by molar-refractivity contribution is 0.0731. The number of fused-ring (bicyclic) bond motifs is 1. The first-order valence-electron chi connectivity index (χ1n) is 12.0. The van der Waals surface area contributed by atoms with Gasteiger partial charge in [0.2, 0.25) is 5.88 Å². The first kappa shape index (κ1) is 25.4. The van der Waals surface area contributed by atoms with Gasteiger partial charge in [-0.3, -0.25) is 0 Å². The van der Waals surface area contributed by atoms with Crippen molar-refractivity contribution in [3.8, 4) is 29.1 Å². The Morgan fingerprint density at radius 2 is 1.79 bits per heavy atom. The Labute approximate surface area is 224 Å². The molecule has 0 spiro atoms. The Bertz CT molecular complexity index is 1630. The number of ether oxygens (including phenoxy) is 4. The third kappa shape index (κ3) is 5.24. The minimum absolute atomic E-state index is 0.0461. The lowest BCUT2D eigenvalue weighted by atomic mass is 9.83. The van der Waals surface area contributed by atoms with Crippen LogP contribution in [0.1, 0.15) is 33.0 Å². The van der Waals surface area contributed by atoms with Crippen LogP contribution in [0.3, 0.4) is 0 Å². The van der Waals surface area contributed by atoms with E-state index in [4.69, 9.17) is 24.7 Å². The third-order valence-electron chi connectivity index (χ3n) is 6.27. The van der Waals surface area contributed by atoms with Crippen LogP contribution >= 0.6 is 0 Å². The van der Waals surface area contributed by atoms with Gasteiger partial charge in [0.15, 0.2) is 0 Å². The van der Waals surface area contributed by atoms with Crippen LogP contribution < -0.4 is 24.7 Å². The number of para-hydroxylation sites is 1. The minimum Gasteiger partial charge on any atom is -0.496 e. The van der Waals surface area contributed by atoms with Crippen molar-refractivity contribution in [3.05, 3.63) is 131 Å². The number of benzene rings is 4. The largest absolute Gasteiger partial charge is 0.496 e. The molecule has 0 fully saturated rings. The lowest BCUT2D eigenvalue weighted by Gasteiger charge is -2.27. The van der Waals surface area contributed by atoms with E-state index >= 15 is 0 Å². The van der Waals surface area contributed by atoms with Gasteiger partial charge in [-0.25, -0.2) is 9.18 Å². The molecule has 5 rings (SSSR count). The fourth-order valence-corrected chi connectivity index (χ4v) is 4.38. The minimum atomic E-state index is -0.597. The number of rotatable bonds is 7. The molecule has 1 heterocycles. The average Bonchev–Trinajstić information content (AvgIpc) is 2.96. The summed E-state index contributed by atoms with van der Waals surface area (Å²) in [6.07, 6.45) is 0. The molecule has 2 N–H and O–H groups in total. The van der Waals surface area contributed by atoms with Crippen molar-refractivity contribution in [2.75, 3.05) is 7.11 Å². The highest BCUT2D eigenvalue weighted by Crippen LogP contribution is 2.44. The SMILES string of the molecule is COc1ccccc1C(=O)Oc1ccc2c(c1)OC(N)=C(C#N)C2c1cccc(OCc2ccccc2F)c1. The van der Waals surface area contributed by atoms with Crippen LogP contribution in [0, 0.1) is 17.1 Å². The number of halogens is 1. The molecule has 4 aromatic rings. The summed E-state index contributed by atoms with van der Waals surface area (Å²) in [5.74, 6) is -0.0900. The molecule has 0 radical (unpaired) electrons. The van der Waals surface area contributed by atoms with Crippen molar-refractivity contribution in [1.82, 2.24) is 0 Å². The van der Waals surface area contributed by atoms with E-state index < -0.39 is 11.9 Å². The van der Waals surface area contributed by atoms with Gasteiger partial charge in [-0.15, -0.1) is 0 Å². The number of carbonyl (C=O) groups excluding carboxylic acids is 1. The average molecular weight is 523 g/mol. The molecule has 0 aromatic heterocycles. The first-order chi connectivity index (χ1) is 19.0. The maximum Gasteiger partial charge on any atom is 0.347 e. The molecule has 1 aliphatic heterocycles. The van der Waals surface area contributed by atoms with Crippen molar-refractivity contribution in [2.24, 2.45) is 5.73 Å². The van der Waals surface area contributed by atoms with Crippen molar-refractivity contribution < 1.29 is 28.1 Å². The van der Waals surface area contributed by atoms with Crippen LogP contribution in [0.2, 0.25) is 0 Å². The van der Waals surface area contributed by atoms with E-state index in [0.29, 0.717) is 28.4 Å². The molecule has 0 saturated heterocycles. The van der Waals surface area contributed by atoms with Crippen LogP contribution in [0.15, 0.2) is 102 Å². The lowest BCUT2D eigenvalue weighted by Crippen LogP contribution is -2.21. The summed E-state index contributed by atoms with van der Waals surface area (Å²) < 4.78 is 36.4. The molecule has 7 nitrogen and oxygen atoms in total. The van der Waals surface area contributed by atoms with E-state index in [2.05, 4.69) is 6.07 Å². The molecule has 0 amide bonds. The number of esters is 1. The number of nitrogens with zero attached hydrogens (tertiary/aromatic N) is 1. The zero-order valence-corrected chi connectivity index (χ0v) is 20.9. The third-order valence-corrected chi connectivity index (χ3v) is 6.27. The van der Waals surface area contributed by atoms with E-state index in [0.717, 1.165) is 5.56 Å². The number of nitriles is 1. The second-order valence-corrected chi connectivity index (χ2v) is 8.67. The number of nitrogens with two attached hydrogens (primary N) is 1. The smallest absolute Gasteiger partial charge is 0.347 e. The second kappa shape index (κ2) is 11.0. The summed E-state index contributed by atoms with van der Waals surface area (Å²) in [5, 5.41) is 9.90.